The van der Waals surface area contributed by atoms with E-state index in [1.54, 1.807) is 6.07 Å². The van der Waals surface area contributed by atoms with Gasteiger partial charge in [0.1, 0.15) is 0 Å². The molecule has 2 aromatic rings. The molecule has 0 atom stereocenters. The number of nitrogens with one attached hydrogen (secondary N) is 2. The summed E-state index contributed by atoms with van der Waals surface area (Å²) < 4.78 is 0. The Morgan fingerprint density at radius 1 is 1.14 bits per heavy atom. The monoisotopic (exact) mass is 302 g/mol. The van der Waals surface area contributed by atoms with E-state index < -0.39 is 0 Å². The van der Waals surface area contributed by atoms with Crippen LogP contribution in [0.4, 0.5) is 11.4 Å². The fraction of sp³-hybridized carbons (Fsp3) is 0.235. The van der Waals surface area contributed by atoms with Crippen molar-refractivity contribution >= 4 is 28.9 Å². The zero-order valence-electron chi connectivity index (χ0n) is 12.5. The Kier molecular flexibility index (Phi) is 4.86. The first-order valence-corrected chi connectivity index (χ1v) is 7.31. The highest BCUT2D eigenvalue weighted by Gasteiger charge is 2.12. The van der Waals surface area contributed by atoms with Crippen molar-refractivity contribution in [1.82, 2.24) is 0 Å². The minimum Gasteiger partial charge on any atom is -0.385 e. The Labute approximate surface area is 130 Å². The number of para-hydroxylation sites is 1. The van der Waals surface area contributed by atoms with Crippen LogP contribution in [0.5, 0.6) is 0 Å². The molecule has 0 bridgehead atoms. The largest absolute Gasteiger partial charge is 0.385 e. The van der Waals surface area contributed by atoms with E-state index in [1.165, 1.54) is 0 Å². The SMILES string of the molecule is CCNc1ccc(C(=O)Nc2c(C)cccc2Cl)c(C)c1. The molecule has 0 aromatic heterocycles. The van der Waals surface area contributed by atoms with Gasteiger partial charge in [-0.15, -0.1) is 0 Å². The van der Waals surface area contributed by atoms with Gasteiger partial charge in [-0.3, -0.25) is 4.79 Å². The third-order valence-corrected chi connectivity index (χ3v) is 3.63. The van der Waals surface area contributed by atoms with Crippen LogP contribution in [0.3, 0.4) is 0 Å². The van der Waals surface area contributed by atoms with E-state index in [0.29, 0.717) is 16.3 Å². The molecule has 0 unspecified atom stereocenters. The van der Waals surface area contributed by atoms with Crippen molar-refractivity contribution in [2.75, 3.05) is 17.2 Å². The minimum atomic E-state index is -0.147. The van der Waals surface area contributed by atoms with Crippen LogP contribution in [0.25, 0.3) is 0 Å². The number of anilines is 2. The predicted molar refractivity (Wildman–Crippen MR) is 89.5 cm³/mol. The van der Waals surface area contributed by atoms with E-state index in [0.717, 1.165) is 23.4 Å². The summed E-state index contributed by atoms with van der Waals surface area (Å²) in [6.45, 7) is 6.73. The molecule has 0 aliphatic carbocycles. The average molecular weight is 303 g/mol. The van der Waals surface area contributed by atoms with Crippen molar-refractivity contribution in [3.63, 3.8) is 0 Å². The molecule has 0 saturated carbocycles. The van der Waals surface area contributed by atoms with Crippen LogP contribution in [0, 0.1) is 13.8 Å². The standard InChI is InChI=1S/C17H19ClN2O/c1-4-19-13-8-9-14(12(3)10-13)17(21)20-16-11(2)6-5-7-15(16)18/h5-10,19H,4H2,1-3H3,(H,20,21). The number of amides is 1. The van der Waals surface area contributed by atoms with Crippen LogP contribution in [-0.2, 0) is 0 Å². The summed E-state index contributed by atoms with van der Waals surface area (Å²) in [6, 6.07) is 11.3. The molecular formula is C17H19ClN2O. The van der Waals surface area contributed by atoms with E-state index >= 15 is 0 Å². The fourth-order valence-corrected chi connectivity index (χ4v) is 2.47. The molecule has 0 spiro atoms. The molecule has 2 N–H and O–H groups in total. The topological polar surface area (TPSA) is 41.1 Å². The summed E-state index contributed by atoms with van der Waals surface area (Å²) in [4.78, 5) is 12.4. The molecule has 0 fully saturated rings. The number of hydrogen-bond acceptors (Lipinski definition) is 2. The molecule has 0 aliphatic heterocycles. The first-order valence-electron chi connectivity index (χ1n) is 6.94. The van der Waals surface area contributed by atoms with Crippen molar-refractivity contribution in [3.8, 4) is 0 Å². The molecule has 0 radical (unpaired) electrons. The van der Waals surface area contributed by atoms with E-state index in [1.807, 2.05) is 51.1 Å². The highest BCUT2D eigenvalue weighted by atomic mass is 35.5. The molecule has 21 heavy (non-hydrogen) atoms. The maximum absolute atomic E-state index is 12.4. The quantitative estimate of drug-likeness (QED) is 0.863. The Morgan fingerprint density at radius 3 is 2.52 bits per heavy atom. The number of rotatable bonds is 4. The number of carbonyl (C=O) groups excluding carboxylic acids is 1. The van der Waals surface area contributed by atoms with Gasteiger partial charge in [0.15, 0.2) is 0 Å². The second kappa shape index (κ2) is 6.64. The Morgan fingerprint density at radius 2 is 1.90 bits per heavy atom. The summed E-state index contributed by atoms with van der Waals surface area (Å²) in [6.07, 6.45) is 0. The van der Waals surface area contributed by atoms with Crippen LogP contribution >= 0.6 is 11.6 Å². The van der Waals surface area contributed by atoms with E-state index in [4.69, 9.17) is 11.6 Å². The molecular weight excluding hydrogens is 284 g/mol. The maximum Gasteiger partial charge on any atom is 0.255 e. The van der Waals surface area contributed by atoms with Gasteiger partial charge < -0.3 is 10.6 Å². The van der Waals surface area contributed by atoms with E-state index in [2.05, 4.69) is 10.6 Å². The van der Waals surface area contributed by atoms with Gasteiger partial charge in [0.25, 0.3) is 5.91 Å². The fourth-order valence-electron chi connectivity index (χ4n) is 2.20. The predicted octanol–water partition coefficient (Wildman–Crippen LogP) is 4.64. The molecule has 0 aliphatic rings. The van der Waals surface area contributed by atoms with Gasteiger partial charge in [-0.25, -0.2) is 0 Å². The lowest BCUT2D eigenvalue weighted by atomic mass is 10.1. The highest BCUT2D eigenvalue weighted by Crippen LogP contribution is 2.26. The van der Waals surface area contributed by atoms with E-state index in [9.17, 15) is 4.79 Å². The minimum absolute atomic E-state index is 0.147. The zero-order valence-corrected chi connectivity index (χ0v) is 13.2. The highest BCUT2D eigenvalue weighted by molar-refractivity contribution is 6.34. The number of aryl methyl sites for hydroxylation is 2. The first-order chi connectivity index (χ1) is 10.0. The Bertz CT molecular complexity index is 648. The molecule has 0 saturated heterocycles. The molecule has 2 aromatic carbocycles. The van der Waals surface area contributed by atoms with Crippen molar-refractivity contribution in [1.29, 1.82) is 0 Å². The Hall–Kier alpha value is -2.00. The summed E-state index contributed by atoms with van der Waals surface area (Å²) in [5.74, 6) is -0.147. The number of benzene rings is 2. The maximum atomic E-state index is 12.4. The van der Waals surface area contributed by atoms with Gasteiger partial charge in [-0.1, -0.05) is 23.7 Å². The second-order valence-electron chi connectivity index (χ2n) is 4.95. The summed E-state index contributed by atoms with van der Waals surface area (Å²) in [5.41, 5.74) is 4.20. The van der Waals surface area contributed by atoms with Crippen LogP contribution in [0.2, 0.25) is 5.02 Å². The van der Waals surface area contributed by atoms with Gasteiger partial charge in [0.2, 0.25) is 0 Å². The first kappa shape index (κ1) is 15.4. The summed E-state index contributed by atoms with van der Waals surface area (Å²) >= 11 is 6.14. The number of halogens is 1. The molecule has 2 rings (SSSR count). The van der Waals surface area contributed by atoms with Gasteiger partial charge in [-0.05, 0) is 56.2 Å². The lowest BCUT2D eigenvalue weighted by Crippen LogP contribution is -2.14. The summed E-state index contributed by atoms with van der Waals surface area (Å²) in [5, 5.41) is 6.67. The Balaban J connectivity index is 2.25. The number of carbonyl (C=O) groups is 1. The third-order valence-electron chi connectivity index (χ3n) is 3.31. The summed E-state index contributed by atoms with van der Waals surface area (Å²) in [7, 11) is 0. The smallest absolute Gasteiger partial charge is 0.255 e. The zero-order chi connectivity index (χ0) is 15.4. The molecule has 110 valence electrons. The van der Waals surface area contributed by atoms with Gasteiger partial charge in [-0.2, -0.15) is 0 Å². The molecule has 4 heteroatoms. The van der Waals surface area contributed by atoms with Crippen molar-refractivity contribution in [3.05, 3.63) is 58.1 Å². The van der Waals surface area contributed by atoms with Gasteiger partial charge in [0.05, 0.1) is 10.7 Å². The van der Waals surface area contributed by atoms with E-state index in [-0.39, 0.29) is 5.91 Å². The lowest BCUT2D eigenvalue weighted by molar-refractivity contribution is 0.102. The van der Waals surface area contributed by atoms with Crippen LogP contribution < -0.4 is 10.6 Å². The van der Waals surface area contributed by atoms with Crippen molar-refractivity contribution in [2.24, 2.45) is 0 Å². The lowest BCUT2D eigenvalue weighted by Gasteiger charge is -2.12. The molecule has 3 nitrogen and oxygen atoms in total. The third kappa shape index (κ3) is 3.56. The van der Waals surface area contributed by atoms with Crippen molar-refractivity contribution in [2.45, 2.75) is 20.8 Å². The van der Waals surface area contributed by atoms with Crippen molar-refractivity contribution < 1.29 is 4.79 Å². The van der Waals surface area contributed by atoms with Crippen LogP contribution in [0.1, 0.15) is 28.4 Å². The van der Waals surface area contributed by atoms with Gasteiger partial charge in [0, 0.05) is 17.8 Å². The second-order valence-corrected chi connectivity index (χ2v) is 5.35. The molecule has 0 heterocycles. The normalized spacial score (nSPS) is 10.3. The van der Waals surface area contributed by atoms with Crippen LogP contribution in [0.15, 0.2) is 36.4 Å². The average Bonchev–Trinajstić information content (AvgIpc) is 2.43. The number of hydrogen-bond donors (Lipinski definition) is 2. The molecule has 1 amide bonds. The van der Waals surface area contributed by atoms with Crippen LogP contribution in [-0.4, -0.2) is 12.5 Å². The van der Waals surface area contributed by atoms with Gasteiger partial charge >= 0.3 is 0 Å².